The molecule has 0 heterocycles. The van der Waals surface area contributed by atoms with E-state index in [2.05, 4.69) is 71.6 Å². The molecule has 146 heavy (non-hydrogen) atoms. The van der Waals surface area contributed by atoms with E-state index in [1.165, 1.54) is 38.4 Å². The number of nitrogens with one attached hydrogen (secondary N) is 6. The van der Waals surface area contributed by atoms with Crippen LogP contribution in [-0.4, -0.2) is 150 Å². The molecule has 0 aliphatic rings. The Morgan fingerprint density at radius 3 is 0.589 bits per heavy atom. The summed E-state index contributed by atoms with van der Waals surface area (Å²) in [5.41, 5.74) is 1.48. The number of sulfonamides is 2. The number of nitrogens with zero attached hydrogens (tertiary/aromatic N) is 8. The largest absolute Gasteiger partial charge is 0.506 e. The first kappa shape index (κ1) is 114. The SMILES string of the molecule is CNS(=O)(=O)c1ccc(O)c(N=Nc2c(S(=O)(=O)O)cc3cc(Nc4ccccc4)ccc3c2O)c1.CNS(=O)(=O)c1ccc(O)c(N=Nc2c(S(=O)(=O)O)cc3cc(Nc4ccccc4)ccc3c2O)c1.O=S(=O)(O)c1ccc(O)c(N=Nc2c(S(=O)(=O)O)cc3cc(Nc4ccccc4)ccc3c2O)c1.O=S(=O)(O)c1ccc(O)c(N=Nc2c(S(=O)(=O)O)cc3cc(Nc4ccccc4)ccc3c2O)c1.[Co].[Co].[OH3+].[OH3+]. The van der Waals surface area contributed by atoms with E-state index in [1.54, 1.807) is 48.5 Å². The van der Waals surface area contributed by atoms with E-state index >= 15 is 0 Å². The topological polar surface area (TPSA) is 793 Å². The molecule has 0 aliphatic heterocycles. The molecule has 0 amide bonds. The second-order valence-corrected chi connectivity index (χ2v) is 41.8. The summed E-state index contributed by atoms with van der Waals surface area (Å²) < 4.78 is 252. The first-order valence-electron chi connectivity index (χ1n) is 40.0. The minimum absolute atomic E-state index is 0. The summed E-state index contributed by atoms with van der Waals surface area (Å²) in [7, 11) is -34.1. The van der Waals surface area contributed by atoms with Gasteiger partial charge >= 0.3 is 0 Å². The Kier molecular flexibility index (Phi) is 36.5. The maximum absolute atomic E-state index is 12.1. The van der Waals surface area contributed by atoms with Crippen LogP contribution in [0.25, 0.3) is 43.1 Å². The number of benzene rings is 16. The fraction of sp³-hybridized carbons (Fsp3) is 0.0222. The summed E-state index contributed by atoms with van der Waals surface area (Å²) in [6, 6.07) is 71.7. The molecule has 0 aromatic heterocycles. The van der Waals surface area contributed by atoms with Gasteiger partial charge in [-0.25, -0.2) is 26.3 Å². The van der Waals surface area contributed by atoms with E-state index < -0.39 is 190 Å². The molecule has 0 saturated carbocycles. The molecule has 56 heteroatoms. The number of fused-ring (bicyclic) bond motifs is 4. The van der Waals surface area contributed by atoms with Crippen LogP contribution in [0.2, 0.25) is 0 Å². The normalized spacial score (nSPS) is 11.9. The van der Waals surface area contributed by atoms with Crippen molar-refractivity contribution in [1.82, 2.24) is 9.44 Å². The summed E-state index contributed by atoms with van der Waals surface area (Å²) >= 11 is 0. The van der Waals surface area contributed by atoms with Crippen LogP contribution in [0.5, 0.6) is 46.0 Å². The van der Waals surface area contributed by atoms with E-state index in [0.717, 1.165) is 120 Å². The van der Waals surface area contributed by atoms with Gasteiger partial charge in [-0.15, -0.1) is 40.9 Å². The number of hydrogen-bond donors (Lipinski definition) is 20. The molecule has 16 aromatic rings. The Bertz CT molecular complexity index is 8340. The van der Waals surface area contributed by atoms with E-state index in [0.29, 0.717) is 22.7 Å². The quantitative estimate of drug-likeness (QED) is 0.0136. The van der Waals surface area contributed by atoms with Crippen LogP contribution in [-0.2, 0) is 125 Å². The third kappa shape index (κ3) is 27.8. The Balaban J connectivity index is 0.000000215. The van der Waals surface area contributed by atoms with Crippen molar-refractivity contribution in [3.05, 3.63) is 291 Å². The van der Waals surface area contributed by atoms with Crippen molar-refractivity contribution in [2.24, 2.45) is 40.9 Å². The van der Waals surface area contributed by atoms with E-state index in [4.69, 9.17) is 0 Å². The fourth-order valence-electron chi connectivity index (χ4n) is 13.3. The van der Waals surface area contributed by atoms with Crippen LogP contribution in [0.1, 0.15) is 0 Å². The molecule has 26 N–H and O–H groups in total. The summed E-state index contributed by atoms with van der Waals surface area (Å²) in [5.74, 6) is -4.40. The molecule has 0 saturated heterocycles. The van der Waals surface area contributed by atoms with Gasteiger partial charge in [0.05, 0.1) is 19.6 Å². The van der Waals surface area contributed by atoms with Gasteiger partial charge in [0.1, 0.15) is 88.1 Å². The molecule has 0 unspecified atom stereocenters. The third-order valence-electron chi connectivity index (χ3n) is 20.1. The van der Waals surface area contributed by atoms with Crippen molar-refractivity contribution in [3.8, 4) is 46.0 Å². The van der Waals surface area contributed by atoms with Crippen molar-refractivity contribution in [3.63, 3.8) is 0 Å². The zero-order valence-electron chi connectivity index (χ0n) is 74.2. The van der Waals surface area contributed by atoms with Crippen LogP contribution < -0.4 is 30.7 Å². The Morgan fingerprint density at radius 1 is 0.212 bits per heavy atom. The molecule has 0 spiro atoms. The van der Waals surface area contributed by atoms with E-state index in [9.17, 15) is 136 Å². The van der Waals surface area contributed by atoms with Crippen LogP contribution in [0.15, 0.2) is 371 Å². The minimum Gasteiger partial charge on any atom is -0.506 e. The van der Waals surface area contributed by atoms with E-state index in [1.807, 2.05) is 121 Å². The molecule has 0 bridgehead atoms. The van der Waals surface area contributed by atoms with Gasteiger partial charge in [0.25, 0.3) is 60.7 Å². The summed E-state index contributed by atoms with van der Waals surface area (Å²) in [6.07, 6.45) is 0. The van der Waals surface area contributed by atoms with Gasteiger partial charge < -0.3 is 73.1 Å². The first-order chi connectivity index (χ1) is 66.8. The van der Waals surface area contributed by atoms with Gasteiger partial charge in [-0.1, -0.05) is 72.8 Å². The second kappa shape index (κ2) is 46.7. The monoisotopic (exact) mass is 2240 g/mol. The smallest absolute Gasteiger partial charge is 0.296 e. The number of phenolic OH excluding ortho intramolecular Hbond substituents is 8. The molecular weight excluding hydrogens is 2160 g/mol. The molecule has 16 aromatic carbocycles. The maximum Gasteiger partial charge on any atom is 0.296 e. The van der Waals surface area contributed by atoms with Crippen molar-refractivity contribution >= 4 is 215 Å². The zero-order chi connectivity index (χ0) is 103. The number of para-hydroxylation sites is 4. The molecule has 0 fully saturated rings. The van der Waals surface area contributed by atoms with Gasteiger partial charge in [0, 0.05) is 101 Å². The molecule has 0 aliphatic carbocycles. The van der Waals surface area contributed by atoms with Crippen LogP contribution in [0.4, 0.5) is 91.0 Å². The van der Waals surface area contributed by atoms with E-state index in [-0.39, 0.29) is 109 Å². The second-order valence-electron chi connectivity index (χ2n) is 29.7. The number of anilines is 8. The molecule has 0 atom stereocenters. The summed E-state index contributed by atoms with van der Waals surface area (Å²) in [4.78, 5) is -4.65. The number of phenols is 8. The number of azo groups is 4. The van der Waals surface area contributed by atoms with Gasteiger partial charge in [-0.3, -0.25) is 27.3 Å². The summed E-state index contributed by atoms with van der Waals surface area (Å²) in [6.45, 7) is 0. The minimum atomic E-state index is -4.90. The average Bonchev–Trinajstić information content (AvgIpc) is 0.772. The summed E-state index contributed by atoms with van der Waals surface area (Å²) in [5, 5.41) is 127. The van der Waals surface area contributed by atoms with Crippen molar-refractivity contribution in [1.29, 1.82) is 0 Å². The Hall–Kier alpha value is -15.2. The average molecular weight is 2240 g/mol. The van der Waals surface area contributed by atoms with Gasteiger partial charge in [-0.05, 0) is 254 Å². The fourth-order valence-corrected chi connectivity index (χ4v) is 18.4. The van der Waals surface area contributed by atoms with Crippen LogP contribution in [0, 0.1) is 0 Å². The molecule has 46 nitrogen and oxygen atoms in total. The predicted octanol–water partition coefficient (Wildman–Crippen LogP) is 17.1. The number of rotatable bonds is 26. The van der Waals surface area contributed by atoms with Crippen LogP contribution in [0.3, 0.4) is 0 Å². The third-order valence-corrected chi connectivity index (χ3v) is 28.1. The van der Waals surface area contributed by atoms with Gasteiger partial charge in [0.15, 0.2) is 23.0 Å². The first-order valence-corrected chi connectivity index (χ1v) is 51.6. The molecule has 16 rings (SSSR count). The molecule has 766 valence electrons. The van der Waals surface area contributed by atoms with Crippen molar-refractivity contribution in [2.45, 2.75) is 39.2 Å². The van der Waals surface area contributed by atoms with Crippen molar-refractivity contribution in [2.75, 3.05) is 35.4 Å². The predicted molar refractivity (Wildman–Crippen MR) is 532 cm³/mol. The number of hydrogen-bond acceptors (Lipinski definition) is 36. The van der Waals surface area contributed by atoms with Gasteiger partial charge in [0.2, 0.25) is 20.0 Å². The zero-order valence-corrected chi connectivity index (χ0v) is 82.8. The maximum atomic E-state index is 12.1. The van der Waals surface area contributed by atoms with Crippen molar-refractivity contribution < 1.29 is 180 Å². The number of aromatic hydroxyl groups is 8. The van der Waals surface area contributed by atoms with Gasteiger partial charge in [-0.2, -0.15) is 50.5 Å². The molecule has 2 radical (unpaired) electrons. The Labute approximate surface area is 850 Å². The molecular formula is C90H80Co2N14O32S8+2. The van der Waals surface area contributed by atoms with Crippen LogP contribution >= 0.6 is 0 Å². The standard InChI is InChI=1S/2C23H20N4O7S2.2C22H17N3O8S2.2Co.2H2O/c2*1-24-35(30,31)17-8-10-20(28)19(13-17)26-27-22-21(36(32,33)34)12-14-11-16(7-9-18(14)23(22)29)25-15-5-3-2-4-6-15;2*26-19-9-7-16(34(28,29)30)12-18(19)24-25-21-20(35(31,32)33)11-13-10-15(6-8-17(13)22(21)27)23-14-4-2-1-3-5-14;;;;/h2*2-13,24-25,28-29H,1H3,(H,32,33,34);2*1-12,23,26-27H,(H,28,29,30)(H,31,32,33);;;2*1H2/p+2. The Morgan fingerprint density at radius 2 is 0.404 bits per heavy atom.